The highest BCUT2D eigenvalue weighted by Gasteiger charge is 2.18. The average molecular weight is 316 g/mol. The van der Waals surface area contributed by atoms with E-state index in [1.54, 1.807) is 6.20 Å². The van der Waals surface area contributed by atoms with Crippen molar-refractivity contribution in [3.05, 3.63) is 52.0 Å². The number of nitrogens with one attached hydrogen (secondary N) is 2. The lowest BCUT2D eigenvalue weighted by Crippen LogP contribution is -2.25. The second kappa shape index (κ2) is 5.26. The smallest absolute Gasteiger partial charge is 0.257 e. The monoisotopic (exact) mass is 315 g/mol. The first-order chi connectivity index (χ1) is 8.58. The summed E-state index contributed by atoms with van der Waals surface area (Å²) < 4.78 is 27.2. The van der Waals surface area contributed by atoms with Crippen LogP contribution in [0.15, 0.2) is 29.0 Å². The number of aromatic nitrogens is 2. The van der Waals surface area contributed by atoms with E-state index in [0.29, 0.717) is 5.82 Å². The predicted octanol–water partition coefficient (Wildman–Crippen LogP) is 2.38. The van der Waals surface area contributed by atoms with Crippen molar-refractivity contribution in [3.8, 4) is 0 Å². The molecule has 1 amide bonds. The maximum atomic E-state index is 13.5. The highest BCUT2D eigenvalue weighted by atomic mass is 79.9. The van der Waals surface area contributed by atoms with Crippen LogP contribution in [-0.4, -0.2) is 15.9 Å². The molecule has 2 aromatic rings. The van der Waals surface area contributed by atoms with Gasteiger partial charge in [0.2, 0.25) is 0 Å². The lowest BCUT2D eigenvalue weighted by Gasteiger charge is -2.06. The fraction of sp³-hybridized carbons (Fsp3) is 0.0909. The first kappa shape index (κ1) is 12.7. The lowest BCUT2D eigenvalue weighted by molar-refractivity contribution is 0.0941. The quantitative estimate of drug-likeness (QED) is 0.913. The summed E-state index contributed by atoms with van der Waals surface area (Å²) in [4.78, 5) is 18.3. The van der Waals surface area contributed by atoms with E-state index >= 15 is 0 Å². The number of imidazole rings is 1. The minimum absolute atomic E-state index is 0.0702. The van der Waals surface area contributed by atoms with Gasteiger partial charge in [-0.25, -0.2) is 13.8 Å². The average Bonchev–Trinajstić information content (AvgIpc) is 2.77. The van der Waals surface area contributed by atoms with Gasteiger partial charge in [-0.1, -0.05) is 15.9 Å². The van der Waals surface area contributed by atoms with E-state index in [1.807, 2.05) is 0 Å². The molecule has 1 aromatic carbocycles. The van der Waals surface area contributed by atoms with Gasteiger partial charge in [0.05, 0.1) is 6.54 Å². The summed E-state index contributed by atoms with van der Waals surface area (Å²) in [5.41, 5.74) is -0.607. The number of benzene rings is 1. The summed E-state index contributed by atoms with van der Waals surface area (Å²) in [6.45, 7) is 0.0702. The molecule has 0 aliphatic carbocycles. The summed E-state index contributed by atoms with van der Waals surface area (Å²) in [6, 6.07) is 2.07. The Labute approximate surface area is 110 Å². The highest BCUT2D eigenvalue weighted by molar-refractivity contribution is 9.10. The molecular weight excluding hydrogens is 308 g/mol. The summed E-state index contributed by atoms with van der Waals surface area (Å²) in [5, 5.41) is 2.37. The molecule has 0 saturated heterocycles. The van der Waals surface area contributed by atoms with Gasteiger partial charge in [-0.2, -0.15) is 0 Å². The third-order valence-corrected chi connectivity index (χ3v) is 2.66. The van der Waals surface area contributed by atoms with E-state index in [2.05, 4.69) is 31.2 Å². The van der Waals surface area contributed by atoms with Gasteiger partial charge >= 0.3 is 0 Å². The molecule has 94 valence electrons. The molecule has 1 aromatic heterocycles. The normalized spacial score (nSPS) is 10.4. The fourth-order valence-corrected chi connectivity index (χ4v) is 1.81. The zero-order valence-electron chi connectivity index (χ0n) is 9.01. The molecule has 0 aliphatic rings. The molecule has 0 unspecified atom stereocenters. The van der Waals surface area contributed by atoms with Gasteiger partial charge in [0, 0.05) is 16.9 Å². The van der Waals surface area contributed by atoms with Crippen molar-refractivity contribution < 1.29 is 13.6 Å². The number of hydrogen-bond acceptors (Lipinski definition) is 2. The van der Waals surface area contributed by atoms with Crippen molar-refractivity contribution in [2.24, 2.45) is 0 Å². The number of hydrogen-bond donors (Lipinski definition) is 2. The van der Waals surface area contributed by atoms with Gasteiger partial charge < -0.3 is 10.3 Å². The first-order valence-corrected chi connectivity index (χ1v) is 5.78. The minimum Gasteiger partial charge on any atom is -0.347 e. The molecular formula is C11H8BrF2N3O. The fourth-order valence-electron chi connectivity index (χ4n) is 1.41. The van der Waals surface area contributed by atoms with Crippen LogP contribution in [0, 0.1) is 11.6 Å². The largest absolute Gasteiger partial charge is 0.347 e. The topological polar surface area (TPSA) is 57.8 Å². The van der Waals surface area contributed by atoms with Gasteiger partial charge in [-0.05, 0) is 12.1 Å². The number of carbonyl (C=O) groups excluding carboxylic acids is 1. The number of carbonyl (C=O) groups is 1. The Balaban J connectivity index is 2.14. The van der Waals surface area contributed by atoms with Crippen LogP contribution in [0.1, 0.15) is 16.2 Å². The predicted molar refractivity (Wildman–Crippen MR) is 63.8 cm³/mol. The van der Waals surface area contributed by atoms with Crippen molar-refractivity contribution in [1.29, 1.82) is 0 Å². The number of rotatable bonds is 3. The van der Waals surface area contributed by atoms with Gasteiger partial charge in [0.1, 0.15) is 23.0 Å². The third kappa shape index (κ3) is 2.73. The van der Waals surface area contributed by atoms with Crippen LogP contribution in [0.2, 0.25) is 0 Å². The molecule has 0 aliphatic heterocycles. The van der Waals surface area contributed by atoms with Crippen LogP contribution in [0.25, 0.3) is 0 Å². The first-order valence-electron chi connectivity index (χ1n) is 4.99. The van der Waals surface area contributed by atoms with E-state index in [9.17, 15) is 13.6 Å². The standard InChI is InChI=1S/C11H8BrF2N3O/c12-6-3-7(13)10(8(14)4-6)11(18)17-5-9-15-1-2-16-9/h1-4H,5H2,(H,15,16)(H,17,18). The Kier molecular flexibility index (Phi) is 3.71. The van der Waals surface area contributed by atoms with E-state index < -0.39 is 23.1 Å². The number of nitrogens with zero attached hydrogens (tertiary/aromatic N) is 1. The Morgan fingerprint density at radius 3 is 2.61 bits per heavy atom. The second-order valence-corrected chi connectivity index (χ2v) is 4.38. The SMILES string of the molecule is O=C(NCc1ncc[nH]1)c1c(F)cc(Br)cc1F. The zero-order chi connectivity index (χ0) is 13.1. The van der Waals surface area contributed by atoms with Gasteiger partial charge in [0.15, 0.2) is 0 Å². The maximum absolute atomic E-state index is 13.5. The molecule has 0 atom stereocenters. The molecule has 18 heavy (non-hydrogen) atoms. The number of halogens is 3. The molecule has 0 saturated carbocycles. The maximum Gasteiger partial charge on any atom is 0.257 e. The number of amides is 1. The van der Waals surface area contributed by atoms with Crippen molar-refractivity contribution >= 4 is 21.8 Å². The molecule has 0 spiro atoms. The van der Waals surface area contributed by atoms with Crippen LogP contribution >= 0.6 is 15.9 Å². The van der Waals surface area contributed by atoms with E-state index in [1.165, 1.54) is 6.20 Å². The van der Waals surface area contributed by atoms with Gasteiger partial charge in [0.25, 0.3) is 5.91 Å². The Hall–Kier alpha value is -1.76. The summed E-state index contributed by atoms with van der Waals surface area (Å²) >= 11 is 2.94. The number of H-pyrrole nitrogens is 1. The van der Waals surface area contributed by atoms with Crippen LogP contribution in [-0.2, 0) is 6.54 Å². The van der Waals surface area contributed by atoms with Crippen molar-refractivity contribution in [3.63, 3.8) is 0 Å². The molecule has 4 nitrogen and oxygen atoms in total. The molecule has 0 radical (unpaired) electrons. The lowest BCUT2D eigenvalue weighted by atomic mass is 10.2. The summed E-state index contributed by atoms with van der Waals surface area (Å²) in [7, 11) is 0. The Morgan fingerprint density at radius 1 is 1.39 bits per heavy atom. The van der Waals surface area contributed by atoms with Crippen molar-refractivity contribution in [2.75, 3.05) is 0 Å². The molecule has 0 fully saturated rings. The zero-order valence-corrected chi connectivity index (χ0v) is 10.6. The van der Waals surface area contributed by atoms with Crippen LogP contribution in [0.4, 0.5) is 8.78 Å². The Morgan fingerprint density at radius 2 is 2.06 bits per heavy atom. The van der Waals surface area contributed by atoms with Crippen molar-refractivity contribution in [1.82, 2.24) is 15.3 Å². The van der Waals surface area contributed by atoms with Crippen molar-refractivity contribution in [2.45, 2.75) is 6.54 Å². The summed E-state index contributed by atoms with van der Waals surface area (Å²) in [5.74, 6) is -2.16. The molecule has 0 bridgehead atoms. The molecule has 1 heterocycles. The van der Waals surface area contributed by atoms with Crippen LogP contribution < -0.4 is 5.32 Å². The Bertz CT molecular complexity index is 549. The molecule has 2 rings (SSSR count). The highest BCUT2D eigenvalue weighted by Crippen LogP contribution is 2.19. The number of aromatic amines is 1. The summed E-state index contributed by atoms with van der Waals surface area (Å²) in [6.07, 6.45) is 3.10. The molecule has 7 heteroatoms. The van der Waals surface area contributed by atoms with Crippen LogP contribution in [0.5, 0.6) is 0 Å². The van der Waals surface area contributed by atoms with E-state index in [-0.39, 0.29) is 11.0 Å². The molecule has 2 N–H and O–H groups in total. The third-order valence-electron chi connectivity index (χ3n) is 2.21. The van der Waals surface area contributed by atoms with E-state index in [4.69, 9.17) is 0 Å². The minimum atomic E-state index is -0.918. The van der Waals surface area contributed by atoms with Gasteiger partial charge in [-0.15, -0.1) is 0 Å². The van der Waals surface area contributed by atoms with Crippen LogP contribution in [0.3, 0.4) is 0 Å². The second-order valence-electron chi connectivity index (χ2n) is 3.46. The van der Waals surface area contributed by atoms with E-state index in [0.717, 1.165) is 12.1 Å². The van der Waals surface area contributed by atoms with Gasteiger partial charge in [-0.3, -0.25) is 4.79 Å².